The van der Waals surface area contributed by atoms with E-state index < -0.39 is 18.9 Å². The first-order valence-electron chi connectivity index (χ1n) is 4.49. The quantitative estimate of drug-likeness (QED) is 0.773. The van der Waals surface area contributed by atoms with Gasteiger partial charge in [-0.05, 0) is 0 Å². The first-order valence-corrected chi connectivity index (χ1v) is 4.49. The van der Waals surface area contributed by atoms with Crippen LogP contribution in [-0.2, 0) is 17.7 Å². The maximum Gasteiger partial charge on any atom is 0.358 e. The third kappa shape index (κ3) is 2.96. The zero-order valence-corrected chi connectivity index (χ0v) is 8.56. The van der Waals surface area contributed by atoms with Crippen molar-refractivity contribution in [1.29, 1.82) is 0 Å². The lowest BCUT2D eigenvalue weighted by molar-refractivity contribution is 0.0687. The zero-order valence-electron chi connectivity index (χ0n) is 8.56. The van der Waals surface area contributed by atoms with Gasteiger partial charge in [-0.3, -0.25) is 0 Å². The number of rotatable bonds is 6. The molecule has 0 atom stereocenters. The number of hydrogen-bond donors (Lipinski definition) is 1. The molecule has 16 heavy (non-hydrogen) atoms. The summed E-state index contributed by atoms with van der Waals surface area (Å²) in [6, 6.07) is 0. The molecular formula is C8H11F2N3O3. The molecule has 0 aliphatic carbocycles. The van der Waals surface area contributed by atoms with E-state index in [1.807, 2.05) is 0 Å². The van der Waals surface area contributed by atoms with Crippen molar-refractivity contribution in [3.05, 3.63) is 11.4 Å². The highest BCUT2D eigenvalue weighted by Gasteiger charge is 2.20. The van der Waals surface area contributed by atoms with Crippen LogP contribution in [0.5, 0.6) is 0 Å². The summed E-state index contributed by atoms with van der Waals surface area (Å²) in [5, 5.41) is 15.5. The summed E-state index contributed by atoms with van der Waals surface area (Å²) in [4.78, 5) is 10.7. The minimum atomic E-state index is -2.61. The lowest BCUT2D eigenvalue weighted by Gasteiger charge is -2.05. The summed E-state index contributed by atoms with van der Waals surface area (Å²) in [6.07, 6.45) is -2.43. The number of hydrogen-bond acceptors (Lipinski definition) is 4. The number of ether oxygens (including phenoxy) is 1. The summed E-state index contributed by atoms with van der Waals surface area (Å²) in [6.45, 7) is -0.448. The van der Waals surface area contributed by atoms with E-state index >= 15 is 0 Å². The number of aromatic carboxylic acids is 1. The zero-order chi connectivity index (χ0) is 12.1. The van der Waals surface area contributed by atoms with Crippen LogP contribution in [0.15, 0.2) is 0 Å². The number of methoxy groups -OCH3 is 1. The van der Waals surface area contributed by atoms with Crippen molar-refractivity contribution in [2.75, 3.05) is 13.7 Å². The van der Waals surface area contributed by atoms with Crippen molar-refractivity contribution in [1.82, 2.24) is 15.0 Å². The van der Waals surface area contributed by atoms with E-state index in [9.17, 15) is 13.6 Å². The highest BCUT2D eigenvalue weighted by atomic mass is 19.3. The fourth-order valence-corrected chi connectivity index (χ4v) is 1.22. The van der Waals surface area contributed by atoms with Gasteiger partial charge in [-0.2, -0.15) is 0 Å². The summed E-state index contributed by atoms with van der Waals surface area (Å²) in [5.74, 6) is -1.29. The van der Waals surface area contributed by atoms with Crippen LogP contribution in [0.4, 0.5) is 8.78 Å². The fourth-order valence-electron chi connectivity index (χ4n) is 1.22. The topological polar surface area (TPSA) is 77.2 Å². The summed E-state index contributed by atoms with van der Waals surface area (Å²) >= 11 is 0. The molecule has 1 N–H and O–H groups in total. The molecule has 90 valence electrons. The molecule has 1 aromatic heterocycles. The Bertz CT molecular complexity index is 367. The van der Waals surface area contributed by atoms with Crippen LogP contribution >= 0.6 is 0 Å². The molecule has 1 aromatic rings. The molecule has 0 bridgehead atoms. The van der Waals surface area contributed by atoms with E-state index in [0.29, 0.717) is 0 Å². The molecule has 0 unspecified atom stereocenters. The second kappa shape index (κ2) is 5.50. The van der Waals surface area contributed by atoms with Crippen LogP contribution in [0.3, 0.4) is 0 Å². The first-order chi connectivity index (χ1) is 7.56. The van der Waals surface area contributed by atoms with Crippen molar-refractivity contribution in [3.8, 4) is 0 Å². The molecule has 0 saturated heterocycles. The minimum Gasteiger partial charge on any atom is -0.476 e. The molecule has 0 aliphatic heterocycles. The van der Waals surface area contributed by atoms with E-state index in [-0.39, 0.29) is 24.4 Å². The van der Waals surface area contributed by atoms with Crippen molar-refractivity contribution in [2.24, 2.45) is 0 Å². The Balaban J connectivity index is 2.94. The Labute approximate surface area is 89.8 Å². The van der Waals surface area contributed by atoms with Gasteiger partial charge in [0.1, 0.15) is 6.54 Å². The lowest BCUT2D eigenvalue weighted by atomic mass is 10.2. The van der Waals surface area contributed by atoms with Gasteiger partial charge in [-0.15, -0.1) is 5.10 Å². The Kier molecular flexibility index (Phi) is 4.29. The second-order valence-electron chi connectivity index (χ2n) is 3.01. The van der Waals surface area contributed by atoms with Gasteiger partial charge in [0.05, 0.1) is 12.3 Å². The summed E-state index contributed by atoms with van der Waals surface area (Å²) < 4.78 is 30.0. The van der Waals surface area contributed by atoms with Crippen molar-refractivity contribution in [3.63, 3.8) is 0 Å². The summed E-state index contributed by atoms with van der Waals surface area (Å²) in [5.41, 5.74) is -0.160. The average molecular weight is 235 g/mol. The standard InChI is InChI=1S/C8H11F2N3O3/c1-16-3-2-5-7(8(14)15)11-12-13(5)4-6(9)10/h6H,2-4H2,1H3,(H,14,15). The maximum atomic E-state index is 12.2. The van der Waals surface area contributed by atoms with Crippen LogP contribution in [0, 0.1) is 0 Å². The lowest BCUT2D eigenvalue weighted by Crippen LogP contribution is -2.14. The molecule has 6 nitrogen and oxygen atoms in total. The Morgan fingerprint density at radius 1 is 1.62 bits per heavy atom. The van der Waals surface area contributed by atoms with E-state index in [1.165, 1.54) is 7.11 Å². The Hall–Kier alpha value is -1.57. The van der Waals surface area contributed by atoms with E-state index in [0.717, 1.165) is 4.68 Å². The molecule has 8 heteroatoms. The summed E-state index contributed by atoms with van der Waals surface area (Å²) in [7, 11) is 1.43. The number of carbonyl (C=O) groups is 1. The predicted molar refractivity (Wildman–Crippen MR) is 48.6 cm³/mol. The van der Waals surface area contributed by atoms with Crippen LogP contribution in [-0.4, -0.2) is 46.2 Å². The van der Waals surface area contributed by atoms with E-state index in [2.05, 4.69) is 10.3 Å². The monoisotopic (exact) mass is 235 g/mol. The SMILES string of the molecule is COCCc1c(C(=O)O)nnn1CC(F)F. The number of aromatic nitrogens is 3. The molecule has 0 aliphatic rings. The van der Waals surface area contributed by atoms with Crippen LogP contribution in [0.1, 0.15) is 16.2 Å². The van der Waals surface area contributed by atoms with Crippen molar-refractivity contribution in [2.45, 2.75) is 19.4 Å². The van der Waals surface area contributed by atoms with Gasteiger partial charge in [0, 0.05) is 13.5 Å². The molecule has 0 radical (unpaired) electrons. The highest BCUT2D eigenvalue weighted by molar-refractivity contribution is 5.86. The molecule has 0 amide bonds. The Morgan fingerprint density at radius 2 is 2.31 bits per heavy atom. The fraction of sp³-hybridized carbons (Fsp3) is 0.625. The molecule has 1 rings (SSSR count). The normalized spacial score (nSPS) is 11.0. The number of carboxylic acid groups (broad SMARTS) is 1. The van der Waals surface area contributed by atoms with Gasteiger partial charge >= 0.3 is 5.97 Å². The van der Waals surface area contributed by atoms with Crippen LogP contribution in [0.25, 0.3) is 0 Å². The van der Waals surface area contributed by atoms with Gasteiger partial charge in [0.2, 0.25) is 0 Å². The largest absolute Gasteiger partial charge is 0.476 e. The Morgan fingerprint density at radius 3 is 2.81 bits per heavy atom. The van der Waals surface area contributed by atoms with E-state index in [1.54, 1.807) is 0 Å². The number of carboxylic acids is 1. The number of alkyl halides is 2. The molecular weight excluding hydrogens is 224 g/mol. The molecule has 1 heterocycles. The average Bonchev–Trinajstić information content (AvgIpc) is 2.57. The third-order valence-electron chi connectivity index (χ3n) is 1.89. The predicted octanol–water partition coefficient (Wildman–Crippen LogP) is 0.430. The third-order valence-corrected chi connectivity index (χ3v) is 1.89. The molecule has 0 fully saturated rings. The van der Waals surface area contributed by atoms with Crippen LogP contribution in [0.2, 0.25) is 0 Å². The molecule has 0 aromatic carbocycles. The van der Waals surface area contributed by atoms with E-state index in [4.69, 9.17) is 9.84 Å². The van der Waals surface area contributed by atoms with Gasteiger partial charge < -0.3 is 9.84 Å². The minimum absolute atomic E-state index is 0.148. The number of nitrogens with zero attached hydrogens (tertiary/aromatic N) is 3. The number of halogens is 2. The van der Waals surface area contributed by atoms with Crippen molar-refractivity contribution >= 4 is 5.97 Å². The maximum absolute atomic E-state index is 12.2. The van der Waals surface area contributed by atoms with Gasteiger partial charge in [0.25, 0.3) is 6.43 Å². The van der Waals surface area contributed by atoms with Gasteiger partial charge in [-0.1, -0.05) is 5.21 Å². The van der Waals surface area contributed by atoms with Crippen LogP contribution < -0.4 is 0 Å². The van der Waals surface area contributed by atoms with Gasteiger partial charge in [-0.25, -0.2) is 18.3 Å². The van der Waals surface area contributed by atoms with Gasteiger partial charge in [0.15, 0.2) is 5.69 Å². The first kappa shape index (κ1) is 12.5. The molecule has 0 spiro atoms. The second-order valence-corrected chi connectivity index (χ2v) is 3.01. The highest BCUT2D eigenvalue weighted by Crippen LogP contribution is 2.09. The smallest absolute Gasteiger partial charge is 0.358 e. The van der Waals surface area contributed by atoms with Crippen molar-refractivity contribution < 1.29 is 23.4 Å². The molecule has 0 saturated carbocycles.